The van der Waals surface area contributed by atoms with E-state index in [-0.39, 0.29) is 6.54 Å². The first-order chi connectivity index (χ1) is 11.0. The number of carboxylic acids is 1. The summed E-state index contributed by atoms with van der Waals surface area (Å²) in [6.07, 6.45) is 3.00. The van der Waals surface area contributed by atoms with Gasteiger partial charge < -0.3 is 15.7 Å². The van der Waals surface area contributed by atoms with Gasteiger partial charge in [-0.15, -0.1) is 0 Å². The number of nitrogens with one attached hydrogen (secondary N) is 2. The lowest BCUT2D eigenvalue weighted by atomic mass is 10.2. The Bertz CT molecular complexity index is 726. The summed E-state index contributed by atoms with van der Waals surface area (Å²) in [7, 11) is 0. The van der Waals surface area contributed by atoms with E-state index < -0.39 is 24.3 Å². The fraction of sp³-hybridized carbons (Fsp3) is 0.214. The molecule has 2 aromatic rings. The number of pyridine rings is 1. The lowest BCUT2D eigenvalue weighted by molar-refractivity contribution is -0.137. The molecule has 0 saturated heterocycles. The fourth-order valence-corrected chi connectivity index (χ4v) is 1.84. The average Bonchev–Trinajstić information content (AvgIpc) is 2.93. The summed E-state index contributed by atoms with van der Waals surface area (Å²) < 4.78 is 1.51. The van der Waals surface area contributed by atoms with Crippen LogP contribution in [0.3, 0.4) is 0 Å². The van der Waals surface area contributed by atoms with Gasteiger partial charge in [-0.2, -0.15) is 5.10 Å². The standard InChI is InChI=1S/C14H15N5O4/c1-9-10(6-18-19(9)11-4-2-3-5-15-11)14(23)17-7-12(20)16-8-13(21)22/h2-6H,7-8H2,1H3,(H,16,20)(H,17,23)(H,21,22). The first-order valence-electron chi connectivity index (χ1n) is 6.71. The Kier molecular flexibility index (Phi) is 5.03. The molecule has 9 heteroatoms. The van der Waals surface area contributed by atoms with Crippen LogP contribution in [-0.2, 0) is 9.59 Å². The minimum atomic E-state index is -1.16. The second-order valence-electron chi connectivity index (χ2n) is 4.60. The summed E-state index contributed by atoms with van der Waals surface area (Å²) in [5, 5.41) is 17.1. The van der Waals surface area contributed by atoms with Crippen LogP contribution in [0.2, 0.25) is 0 Å². The van der Waals surface area contributed by atoms with Crippen LogP contribution in [0.1, 0.15) is 16.1 Å². The zero-order valence-electron chi connectivity index (χ0n) is 12.3. The van der Waals surface area contributed by atoms with E-state index in [0.717, 1.165) is 0 Å². The van der Waals surface area contributed by atoms with Gasteiger partial charge in [-0.1, -0.05) is 6.07 Å². The van der Waals surface area contributed by atoms with E-state index in [1.54, 1.807) is 31.3 Å². The van der Waals surface area contributed by atoms with Crippen LogP contribution in [0, 0.1) is 6.92 Å². The molecule has 0 bridgehead atoms. The zero-order valence-corrected chi connectivity index (χ0v) is 12.3. The first-order valence-corrected chi connectivity index (χ1v) is 6.71. The SMILES string of the molecule is Cc1c(C(=O)NCC(=O)NCC(=O)O)cnn1-c1ccccn1. The number of hydrogen-bond donors (Lipinski definition) is 3. The molecule has 120 valence electrons. The molecular formula is C14H15N5O4. The van der Waals surface area contributed by atoms with Crippen molar-refractivity contribution >= 4 is 17.8 Å². The molecule has 0 radical (unpaired) electrons. The Morgan fingerprint density at radius 1 is 1.22 bits per heavy atom. The fourth-order valence-electron chi connectivity index (χ4n) is 1.84. The Balaban J connectivity index is 2.00. The highest BCUT2D eigenvalue weighted by Crippen LogP contribution is 2.11. The van der Waals surface area contributed by atoms with Gasteiger partial charge in [-0.05, 0) is 19.1 Å². The molecule has 0 atom stereocenters. The van der Waals surface area contributed by atoms with Crippen LogP contribution in [0.25, 0.3) is 5.82 Å². The highest BCUT2D eigenvalue weighted by Gasteiger charge is 2.16. The van der Waals surface area contributed by atoms with Crippen molar-refractivity contribution in [1.82, 2.24) is 25.4 Å². The summed E-state index contributed by atoms with van der Waals surface area (Å²) in [6.45, 7) is 0.896. The van der Waals surface area contributed by atoms with Gasteiger partial charge >= 0.3 is 5.97 Å². The molecular weight excluding hydrogens is 302 g/mol. The number of carboxylic acid groups (broad SMARTS) is 1. The van der Waals surface area contributed by atoms with Crippen LogP contribution in [-0.4, -0.2) is 50.7 Å². The maximum Gasteiger partial charge on any atom is 0.322 e. The van der Waals surface area contributed by atoms with Crippen LogP contribution in [0.5, 0.6) is 0 Å². The van der Waals surface area contributed by atoms with Gasteiger partial charge in [-0.3, -0.25) is 14.4 Å². The van der Waals surface area contributed by atoms with Crippen molar-refractivity contribution in [3.05, 3.63) is 41.9 Å². The van der Waals surface area contributed by atoms with Crippen molar-refractivity contribution in [2.24, 2.45) is 0 Å². The highest BCUT2D eigenvalue weighted by molar-refractivity contribution is 5.97. The normalized spacial score (nSPS) is 10.1. The maximum atomic E-state index is 12.1. The van der Waals surface area contributed by atoms with Crippen LogP contribution in [0.15, 0.2) is 30.6 Å². The van der Waals surface area contributed by atoms with E-state index in [9.17, 15) is 14.4 Å². The third kappa shape index (κ3) is 4.13. The van der Waals surface area contributed by atoms with Gasteiger partial charge in [0.05, 0.1) is 24.0 Å². The van der Waals surface area contributed by atoms with Crippen molar-refractivity contribution < 1.29 is 19.5 Å². The molecule has 2 heterocycles. The molecule has 0 fully saturated rings. The quantitative estimate of drug-likeness (QED) is 0.660. The van der Waals surface area contributed by atoms with E-state index in [4.69, 9.17) is 5.11 Å². The van der Waals surface area contributed by atoms with Gasteiger partial charge in [0.25, 0.3) is 5.91 Å². The number of aliphatic carboxylic acids is 1. The molecule has 3 N–H and O–H groups in total. The van der Waals surface area contributed by atoms with Crippen LogP contribution < -0.4 is 10.6 Å². The Labute approximate surface area is 131 Å². The average molecular weight is 317 g/mol. The Morgan fingerprint density at radius 3 is 2.65 bits per heavy atom. The van der Waals surface area contributed by atoms with E-state index in [0.29, 0.717) is 17.1 Å². The minimum absolute atomic E-state index is 0.307. The molecule has 2 amide bonds. The van der Waals surface area contributed by atoms with Gasteiger partial charge in [0.2, 0.25) is 5.91 Å². The van der Waals surface area contributed by atoms with E-state index >= 15 is 0 Å². The summed E-state index contributed by atoms with van der Waals surface area (Å²) in [5.74, 6) is -1.65. The first kappa shape index (κ1) is 16.1. The monoisotopic (exact) mass is 317 g/mol. The summed E-state index contributed by atoms with van der Waals surface area (Å²) in [5.41, 5.74) is 0.883. The Hall–Kier alpha value is -3.23. The zero-order chi connectivity index (χ0) is 16.8. The van der Waals surface area contributed by atoms with Gasteiger partial charge in [0.1, 0.15) is 6.54 Å². The predicted molar refractivity (Wildman–Crippen MR) is 79.1 cm³/mol. The van der Waals surface area contributed by atoms with E-state index in [1.165, 1.54) is 10.9 Å². The molecule has 0 aliphatic rings. The lowest BCUT2D eigenvalue weighted by Crippen LogP contribution is -2.39. The van der Waals surface area contributed by atoms with Crippen molar-refractivity contribution in [3.8, 4) is 5.82 Å². The van der Waals surface area contributed by atoms with E-state index in [2.05, 4.69) is 20.7 Å². The van der Waals surface area contributed by atoms with E-state index in [1.807, 2.05) is 0 Å². The second kappa shape index (κ2) is 7.16. The van der Waals surface area contributed by atoms with Crippen molar-refractivity contribution in [1.29, 1.82) is 0 Å². The third-order valence-corrected chi connectivity index (χ3v) is 2.97. The smallest absolute Gasteiger partial charge is 0.322 e. The number of amides is 2. The number of nitrogens with zero attached hydrogens (tertiary/aromatic N) is 3. The van der Waals surface area contributed by atoms with Crippen LogP contribution >= 0.6 is 0 Å². The molecule has 0 spiro atoms. The molecule has 0 unspecified atom stereocenters. The maximum absolute atomic E-state index is 12.1. The topological polar surface area (TPSA) is 126 Å². The van der Waals surface area contributed by atoms with Gasteiger partial charge in [-0.25, -0.2) is 9.67 Å². The number of carbonyl (C=O) groups is 3. The summed E-state index contributed by atoms with van der Waals surface area (Å²) >= 11 is 0. The molecule has 2 aromatic heterocycles. The second-order valence-corrected chi connectivity index (χ2v) is 4.60. The van der Waals surface area contributed by atoms with Crippen LogP contribution in [0.4, 0.5) is 0 Å². The lowest BCUT2D eigenvalue weighted by Gasteiger charge is -2.06. The predicted octanol–water partition coefficient (Wildman–Crippen LogP) is -0.494. The largest absolute Gasteiger partial charge is 0.480 e. The number of carbonyl (C=O) groups excluding carboxylic acids is 2. The molecule has 0 aromatic carbocycles. The summed E-state index contributed by atoms with van der Waals surface area (Å²) in [6, 6.07) is 5.32. The number of hydrogen-bond acceptors (Lipinski definition) is 5. The van der Waals surface area contributed by atoms with Crippen molar-refractivity contribution in [2.45, 2.75) is 6.92 Å². The molecule has 0 saturated carbocycles. The number of rotatable bonds is 6. The molecule has 0 aliphatic heterocycles. The number of aromatic nitrogens is 3. The molecule has 0 aliphatic carbocycles. The highest BCUT2D eigenvalue weighted by atomic mass is 16.4. The third-order valence-electron chi connectivity index (χ3n) is 2.97. The van der Waals surface area contributed by atoms with Crippen molar-refractivity contribution in [2.75, 3.05) is 13.1 Å². The minimum Gasteiger partial charge on any atom is -0.480 e. The van der Waals surface area contributed by atoms with Gasteiger partial charge in [0.15, 0.2) is 5.82 Å². The molecule has 9 nitrogen and oxygen atoms in total. The van der Waals surface area contributed by atoms with Gasteiger partial charge in [0, 0.05) is 6.20 Å². The molecule has 2 rings (SSSR count). The summed E-state index contributed by atoms with van der Waals surface area (Å²) in [4.78, 5) is 37.9. The molecule has 23 heavy (non-hydrogen) atoms. The Morgan fingerprint density at radius 2 is 2.00 bits per heavy atom. The van der Waals surface area contributed by atoms with Crippen molar-refractivity contribution in [3.63, 3.8) is 0 Å².